The van der Waals surface area contributed by atoms with Gasteiger partial charge in [0.2, 0.25) is 0 Å². The average molecular weight is 1480 g/mol. The Bertz CT molecular complexity index is 1930. The van der Waals surface area contributed by atoms with Gasteiger partial charge >= 0.3 is 39.5 Å². The molecule has 0 aromatic carbocycles. The number of phosphoric acid groups is 2. The molecule has 17 nitrogen and oxygen atoms in total. The SMILES string of the molecule is CCCCCCCCCCCCCCCCCCCCCCC(=O)O[C@H](COC(=O)CCCCCCCCCCCCCCC(C)C)COP(=O)(O)OC[C@@H](O)COP(=O)(O)OC[C@@H](COC(=O)CCCCCCCCCCCCC)OC(=O)CCCCCCCCCCCCCCCCC. The highest BCUT2D eigenvalue weighted by Gasteiger charge is 2.30. The fourth-order valence-corrected chi connectivity index (χ4v) is 14.3. The molecule has 101 heavy (non-hydrogen) atoms. The van der Waals surface area contributed by atoms with Crippen LogP contribution >= 0.6 is 15.6 Å². The lowest BCUT2D eigenvalue weighted by atomic mass is 10.0. The number of hydrogen-bond acceptors (Lipinski definition) is 15. The van der Waals surface area contributed by atoms with E-state index in [1.165, 1.54) is 263 Å². The summed E-state index contributed by atoms with van der Waals surface area (Å²) in [5.74, 6) is -1.32. The number of carbonyl (C=O) groups is 4. The van der Waals surface area contributed by atoms with Gasteiger partial charge in [-0.15, -0.1) is 0 Å². The maximum atomic E-state index is 13.1. The molecule has 600 valence electrons. The van der Waals surface area contributed by atoms with Gasteiger partial charge in [0.25, 0.3) is 0 Å². The molecule has 0 bridgehead atoms. The van der Waals surface area contributed by atoms with Crippen LogP contribution in [-0.2, 0) is 65.4 Å². The molecule has 0 aromatic heterocycles. The van der Waals surface area contributed by atoms with Crippen molar-refractivity contribution in [3.05, 3.63) is 0 Å². The molecular formula is C82H160O17P2. The van der Waals surface area contributed by atoms with E-state index in [0.717, 1.165) is 95.8 Å². The normalized spacial score (nSPS) is 13.8. The number of ether oxygens (including phenoxy) is 4. The third-order valence-electron chi connectivity index (χ3n) is 19.3. The van der Waals surface area contributed by atoms with E-state index < -0.39 is 97.5 Å². The third-order valence-corrected chi connectivity index (χ3v) is 21.2. The van der Waals surface area contributed by atoms with Gasteiger partial charge in [0.15, 0.2) is 12.2 Å². The number of unbranched alkanes of at least 4 members (excludes halogenated alkanes) is 54. The molecule has 0 aliphatic rings. The monoisotopic (exact) mass is 1480 g/mol. The second-order valence-corrected chi connectivity index (χ2v) is 32.9. The minimum Gasteiger partial charge on any atom is -0.462 e. The van der Waals surface area contributed by atoms with Crippen LogP contribution in [0, 0.1) is 5.92 Å². The van der Waals surface area contributed by atoms with Gasteiger partial charge in [-0.25, -0.2) is 9.13 Å². The maximum Gasteiger partial charge on any atom is 0.472 e. The second-order valence-electron chi connectivity index (χ2n) is 30.0. The van der Waals surface area contributed by atoms with Crippen molar-refractivity contribution >= 4 is 39.5 Å². The van der Waals surface area contributed by atoms with Crippen molar-refractivity contribution in [1.29, 1.82) is 0 Å². The first kappa shape index (κ1) is 99.1. The summed E-state index contributed by atoms with van der Waals surface area (Å²) in [4.78, 5) is 73.1. The lowest BCUT2D eigenvalue weighted by molar-refractivity contribution is -0.161. The van der Waals surface area contributed by atoms with Crippen molar-refractivity contribution in [2.75, 3.05) is 39.6 Å². The Morgan fingerprint density at radius 2 is 0.455 bits per heavy atom. The molecule has 0 aromatic rings. The van der Waals surface area contributed by atoms with Gasteiger partial charge in [0.1, 0.15) is 19.3 Å². The molecule has 0 heterocycles. The van der Waals surface area contributed by atoms with E-state index >= 15 is 0 Å². The van der Waals surface area contributed by atoms with Gasteiger partial charge in [-0.05, 0) is 31.6 Å². The first-order valence-electron chi connectivity index (χ1n) is 42.6. The summed E-state index contributed by atoms with van der Waals surface area (Å²) in [6, 6.07) is 0. The number of hydrogen-bond donors (Lipinski definition) is 3. The van der Waals surface area contributed by atoms with Crippen molar-refractivity contribution in [3.8, 4) is 0 Å². The second kappa shape index (κ2) is 74.9. The van der Waals surface area contributed by atoms with Crippen molar-refractivity contribution in [3.63, 3.8) is 0 Å². The Morgan fingerprint density at radius 1 is 0.267 bits per heavy atom. The molecule has 0 rings (SSSR count). The van der Waals surface area contributed by atoms with Crippen LogP contribution in [-0.4, -0.2) is 96.7 Å². The first-order valence-corrected chi connectivity index (χ1v) is 45.6. The quantitative estimate of drug-likeness (QED) is 0.0222. The summed E-state index contributed by atoms with van der Waals surface area (Å²) in [6.07, 6.45) is 66.5. The number of aliphatic hydroxyl groups excluding tert-OH is 1. The van der Waals surface area contributed by atoms with Crippen LogP contribution in [0.1, 0.15) is 439 Å². The lowest BCUT2D eigenvalue weighted by Gasteiger charge is -2.21. The molecule has 0 fully saturated rings. The van der Waals surface area contributed by atoms with Crippen LogP contribution in [0.25, 0.3) is 0 Å². The lowest BCUT2D eigenvalue weighted by Crippen LogP contribution is -2.30. The third kappa shape index (κ3) is 76.1. The van der Waals surface area contributed by atoms with Gasteiger partial charge in [-0.3, -0.25) is 37.3 Å². The summed E-state index contributed by atoms with van der Waals surface area (Å²) in [7, 11) is -9.92. The van der Waals surface area contributed by atoms with Gasteiger partial charge in [-0.1, -0.05) is 388 Å². The number of carbonyl (C=O) groups excluding carboxylic acids is 4. The highest BCUT2D eigenvalue weighted by Crippen LogP contribution is 2.45. The summed E-state index contributed by atoms with van der Waals surface area (Å²) in [6.45, 7) is 7.35. The van der Waals surface area contributed by atoms with Crippen LogP contribution < -0.4 is 0 Å². The van der Waals surface area contributed by atoms with Crippen LogP contribution in [0.3, 0.4) is 0 Å². The van der Waals surface area contributed by atoms with E-state index in [1.807, 2.05) is 0 Å². The van der Waals surface area contributed by atoms with Crippen molar-refractivity contribution in [1.82, 2.24) is 0 Å². The predicted molar refractivity (Wildman–Crippen MR) is 414 cm³/mol. The molecular weight excluding hydrogens is 1320 g/mol. The first-order chi connectivity index (χ1) is 49.0. The van der Waals surface area contributed by atoms with Crippen LogP contribution in [0.4, 0.5) is 0 Å². The fraction of sp³-hybridized carbons (Fsp3) is 0.951. The molecule has 0 aliphatic carbocycles. The number of phosphoric ester groups is 2. The summed E-state index contributed by atoms with van der Waals surface area (Å²) < 4.78 is 68.8. The van der Waals surface area contributed by atoms with Crippen molar-refractivity contribution in [2.24, 2.45) is 5.92 Å². The van der Waals surface area contributed by atoms with E-state index in [9.17, 15) is 43.2 Å². The number of esters is 4. The summed E-state index contributed by atoms with van der Waals surface area (Å²) in [5, 5.41) is 10.7. The molecule has 0 aliphatic heterocycles. The molecule has 0 saturated heterocycles. The standard InChI is InChI=1S/C82H160O17P2/c1-6-9-12-15-18-21-24-26-28-29-30-31-32-34-36-43-48-53-58-63-68-82(87)99-78(72-93-80(85)66-61-56-51-46-41-38-37-40-44-49-54-59-64-75(4)5)74-97-101(90,91)95-70-76(83)69-94-100(88,89)96-73-77(71-92-79(84)65-60-55-50-45-39-23-20-17-14-11-8-3)98-81(86)67-62-57-52-47-42-35-33-27-25-22-19-16-13-10-7-2/h75-78,83H,6-74H2,1-5H3,(H,88,89)(H,90,91)/t76-,77+,78+/m0/s1. The molecule has 0 spiro atoms. The molecule has 0 saturated carbocycles. The van der Waals surface area contributed by atoms with Gasteiger partial charge in [0, 0.05) is 25.7 Å². The van der Waals surface area contributed by atoms with Crippen molar-refractivity contribution < 1.29 is 80.2 Å². The van der Waals surface area contributed by atoms with E-state index in [1.54, 1.807) is 0 Å². The maximum absolute atomic E-state index is 13.1. The molecule has 5 atom stereocenters. The Labute approximate surface area is 619 Å². The Hall–Kier alpha value is -1.94. The van der Waals surface area contributed by atoms with Crippen LogP contribution in [0.15, 0.2) is 0 Å². The largest absolute Gasteiger partial charge is 0.472 e. The fourth-order valence-electron chi connectivity index (χ4n) is 12.8. The smallest absolute Gasteiger partial charge is 0.462 e. The van der Waals surface area contributed by atoms with Crippen LogP contribution in [0.2, 0.25) is 0 Å². The summed E-state index contributed by atoms with van der Waals surface area (Å²) >= 11 is 0. The highest BCUT2D eigenvalue weighted by molar-refractivity contribution is 7.47. The molecule has 0 amide bonds. The van der Waals surface area contributed by atoms with E-state index in [4.69, 9.17) is 37.0 Å². The van der Waals surface area contributed by atoms with Crippen molar-refractivity contribution in [2.45, 2.75) is 457 Å². The topological polar surface area (TPSA) is 237 Å². The minimum absolute atomic E-state index is 0.109. The zero-order valence-electron chi connectivity index (χ0n) is 66.1. The number of rotatable bonds is 82. The van der Waals surface area contributed by atoms with E-state index in [0.29, 0.717) is 25.7 Å². The number of aliphatic hydroxyl groups is 1. The van der Waals surface area contributed by atoms with Gasteiger partial charge in [0.05, 0.1) is 26.4 Å². The Morgan fingerprint density at radius 3 is 0.673 bits per heavy atom. The van der Waals surface area contributed by atoms with Gasteiger partial charge in [-0.2, -0.15) is 0 Å². The summed E-state index contributed by atoms with van der Waals surface area (Å²) in [5.41, 5.74) is 0. The molecule has 3 N–H and O–H groups in total. The molecule has 2 unspecified atom stereocenters. The molecule has 19 heteroatoms. The average Bonchev–Trinajstić information content (AvgIpc) is 0.923. The van der Waals surface area contributed by atoms with E-state index in [-0.39, 0.29) is 25.7 Å². The Balaban J connectivity index is 5.24. The Kier molecular flexibility index (Phi) is 73.5. The predicted octanol–water partition coefficient (Wildman–Crippen LogP) is 24.8. The highest BCUT2D eigenvalue weighted by atomic mass is 31.2. The zero-order valence-corrected chi connectivity index (χ0v) is 67.8. The zero-order chi connectivity index (χ0) is 74.1. The van der Waals surface area contributed by atoms with Gasteiger partial charge < -0.3 is 33.8 Å². The molecule has 0 radical (unpaired) electrons. The van der Waals surface area contributed by atoms with Crippen LogP contribution in [0.5, 0.6) is 0 Å². The van der Waals surface area contributed by atoms with E-state index in [2.05, 4.69) is 34.6 Å². The minimum atomic E-state index is -4.96.